The predicted octanol–water partition coefficient (Wildman–Crippen LogP) is 2.17. The van der Waals surface area contributed by atoms with Crippen LogP contribution in [0.15, 0.2) is 43.0 Å². The molecule has 0 radical (unpaired) electrons. The summed E-state index contributed by atoms with van der Waals surface area (Å²) in [6.45, 7) is 5.06. The van der Waals surface area contributed by atoms with Crippen LogP contribution >= 0.6 is 0 Å². The van der Waals surface area contributed by atoms with E-state index in [1.807, 2.05) is 18.2 Å². The number of hydrazine groups is 1. The van der Waals surface area contributed by atoms with Crippen molar-refractivity contribution in [3.63, 3.8) is 0 Å². The van der Waals surface area contributed by atoms with E-state index < -0.39 is 0 Å². The highest BCUT2D eigenvalue weighted by molar-refractivity contribution is 5.88. The van der Waals surface area contributed by atoms with E-state index >= 15 is 0 Å². The summed E-state index contributed by atoms with van der Waals surface area (Å²) >= 11 is 0. The molecule has 0 amide bonds. The Bertz CT molecular complexity index is 868. The fraction of sp³-hybridized carbons (Fsp3) is 0.333. The van der Waals surface area contributed by atoms with Gasteiger partial charge in [0.2, 0.25) is 0 Å². The van der Waals surface area contributed by atoms with Gasteiger partial charge in [-0.3, -0.25) is 20.8 Å². The van der Waals surface area contributed by atoms with Crippen LogP contribution in [0.5, 0.6) is 0 Å². The molecule has 0 spiro atoms. The summed E-state index contributed by atoms with van der Waals surface area (Å²) in [5.41, 5.74) is 8.43. The molecule has 1 aliphatic heterocycles. The number of hydrogen-bond donors (Lipinski definition) is 3. The molecule has 4 heterocycles. The summed E-state index contributed by atoms with van der Waals surface area (Å²) in [7, 11) is 0. The number of nitrogens with one attached hydrogen (secondary N) is 3. The number of aromatic nitrogens is 4. The van der Waals surface area contributed by atoms with Crippen LogP contribution in [0.1, 0.15) is 37.2 Å². The largest absolute Gasteiger partial charge is 0.363 e. The molecule has 3 N–H and O–H groups in total. The van der Waals surface area contributed by atoms with Crippen molar-refractivity contribution in [2.45, 2.75) is 31.8 Å². The van der Waals surface area contributed by atoms with E-state index in [2.05, 4.69) is 40.0 Å². The number of nitrogens with zero attached hydrogens (tertiary/aromatic N) is 4. The van der Waals surface area contributed by atoms with Crippen LogP contribution in [0.4, 0.5) is 5.82 Å². The lowest BCUT2D eigenvalue weighted by molar-refractivity contribution is 0.558. The van der Waals surface area contributed by atoms with Gasteiger partial charge in [-0.05, 0) is 37.6 Å². The van der Waals surface area contributed by atoms with E-state index in [4.69, 9.17) is 9.97 Å². The van der Waals surface area contributed by atoms with Crippen molar-refractivity contribution in [2.75, 3.05) is 11.9 Å². The summed E-state index contributed by atoms with van der Waals surface area (Å²) in [5, 5.41) is 4.51. The molecule has 1 aliphatic rings. The smallest absolute Gasteiger partial charge is 0.138 e. The van der Waals surface area contributed by atoms with Gasteiger partial charge in [-0.1, -0.05) is 0 Å². The number of fused-ring (bicyclic) bond motifs is 1. The van der Waals surface area contributed by atoms with Gasteiger partial charge in [-0.15, -0.1) is 0 Å². The summed E-state index contributed by atoms with van der Waals surface area (Å²) < 4.78 is 0. The Kier molecular flexibility index (Phi) is 4.25. The van der Waals surface area contributed by atoms with Crippen molar-refractivity contribution < 1.29 is 0 Å². The number of rotatable bonds is 4. The lowest BCUT2D eigenvalue weighted by Crippen LogP contribution is -2.28. The van der Waals surface area contributed by atoms with Gasteiger partial charge < -0.3 is 5.32 Å². The lowest BCUT2D eigenvalue weighted by atomic mass is 10.0. The summed E-state index contributed by atoms with van der Waals surface area (Å²) in [5.74, 6) is 1.89. The highest BCUT2D eigenvalue weighted by Crippen LogP contribution is 2.27. The predicted molar refractivity (Wildman–Crippen MR) is 96.9 cm³/mol. The average Bonchev–Trinajstić information content (AvgIpc) is 3.08. The van der Waals surface area contributed by atoms with Gasteiger partial charge in [0.05, 0.1) is 17.8 Å². The maximum Gasteiger partial charge on any atom is 0.138 e. The maximum atomic E-state index is 4.85. The minimum absolute atomic E-state index is 0.111. The van der Waals surface area contributed by atoms with E-state index in [1.54, 1.807) is 24.8 Å². The topological polar surface area (TPSA) is 87.7 Å². The van der Waals surface area contributed by atoms with E-state index in [-0.39, 0.29) is 18.0 Å². The Hall–Kier alpha value is -2.64. The molecule has 0 saturated carbocycles. The molecular weight excluding hydrogens is 314 g/mol. The number of pyridine rings is 2. The SMILES string of the molecule is CC(Nc1nc(C2CNNC2C)nc2cnccc12)c1ccncc1. The maximum absolute atomic E-state index is 4.85. The van der Waals surface area contributed by atoms with E-state index in [0.29, 0.717) is 0 Å². The zero-order chi connectivity index (χ0) is 17.2. The van der Waals surface area contributed by atoms with Crippen molar-refractivity contribution in [3.05, 3.63) is 54.4 Å². The van der Waals surface area contributed by atoms with Crippen molar-refractivity contribution in [1.82, 2.24) is 30.8 Å². The first-order chi connectivity index (χ1) is 12.2. The van der Waals surface area contributed by atoms with Crippen LogP contribution in [0.3, 0.4) is 0 Å². The highest BCUT2D eigenvalue weighted by atomic mass is 15.4. The second-order valence-corrected chi connectivity index (χ2v) is 6.39. The molecule has 3 aromatic heterocycles. The molecule has 7 heteroatoms. The van der Waals surface area contributed by atoms with Crippen molar-refractivity contribution in [2.24, 2.45) is 0 Å². The van der Waals surface area contributed by atoms with Crippen LogP contribution in [0.2, 0.25) is 0 Å². The molecule has 3 aromatic rings. The molecule has 3 unspecified atom stereocenters. The molecule has 128 valence electrons. The molecule has 0 bridgehead atoms. The highest BCUT2D eigenvalue weighted by Gasteiger charge is 2.28. The van der Waals surface area contributed by atoms with Gasteiger partial charge in [0.15, 0.2) is 0 Å². The third-order valence-electron chi connectivity index (χ3n) is 4.66. The molecule has 4 rings (SSSR count). The van der Waals surface area contributed by atoms with Crippen molar-refractivity contribution >= 4 is 16.7 Å². The van der Waals surface area contributed by atoms with Crippen LogP contribution in [0.25, 0.3) is 10.9 Å². The van der Waals surface area contributed by atoms with Gasteiger partial charge in [0.25, 0.3) is 0 Å². The monoisotopic (exact) mass is 335 g/mol. The quantitative estimate of drug-likeness (QED) is 0.673. The second-order valence-electron chi connectivity index (χ2n) is 6.39. The Morgan fingerprint density at radius 1 is 1.12 bits per heavy atom. The first-order valence-electron chi connectivity index (χ1n) is 8.49. The minimum Gasteiger partial charge on any atom is -0.363 e. The third-order valence-corrected chi connectivity index (χ3v) is 4.66. The molecule has 1 saturated heterocycles. The minimum atomic E-state index is 0.111. The van der Waals surface area contributed by atoms with E-state index in [0.717, 1.165) is 34.7 Å². The van der Waals surface area contributed by atoms with Gasteiger partial charge in [0.1, 0.15) is 11.6 Å². The number of hydrogen-bond acceptors (Lipinski definition) is 7. The normalized spacial score (nSPS) is 21.4. The van der Waals surface area contributed by atoms with Crippen LogP contribution < -0.4 is 16.2 Å². The van der Waals surface area contributed by atoms with Crippen molar-refractivity contribution in [1.29, 1.82) is 0 Å². The van der Waals surface area contributed by atoms with E-state index in [1.165, 1.54) is 0 Å². The molecule has 0 aromatic carbocycles. The third kappa shape index (κ3) is 3.16. The van der Waals surface area contributed by atoms with Gasteiger partial charge in [-0.25, -0.2) is 9.97 Å². The van der Waals surface area contributed by atoms with Crippen LogP contribution in [0, 0.1) is 0 Å². The molecule has 1 fully saturated rings. The van der Waals surface area contributed by atoms with Gasteiger partial charge in [0, 0.05) is 42.5 Å². The Morgan fingerprint density at radius 3 is 2.68 bits per heavy atom. The lowest BCUT2D eigenvalue weighted by Gasteiger charge is -2.19. The van der Waals surface area contributed by atoms with Crippen LogP contribution in [-0.4, -0.2) is 32.5 Å². The number of anilines is 1. The zero-order valence-corrected chi connectivity index (χ0v) is 14.3. The fourth-order valence-electron chi connectivity index (χ4n) is 3.14. The Balaban J connectivity index is 1.73. The molecule has 3 atom stereocenters. The van der Waals surface area contributed by atoms with E-state index in [9.17, 15) is 0 Å². The fourth-order valence-corrected chi connectivity index (χ4v) is 3.14. The first kappa shape index (κ1) is 15.9. The Labute approximate surface area is 146 Å². The van der Waals surface area contributed by atoms with Gasteiger partial charge in [-0.2, -0.15) is 0 Å². The zero-order valence-electron chi connectivity index (χ0n) is 14.3. The summed E-state index contributed by atoms with van der Waals surface area (Å²) in [6, 6.07) is 6.36. The Morgan fingerprint density at radius 2 is 1.92 bits per heavy atom. The summed E-state index contributed by atoms with van der Waals surface area (Å²) in [4.78, 5) is 17.9. The van der Waals surface area contributed by atoms with Crippen LogP contribution in [-0.2, 0) is 0 Å². The molecule has 7 nitrogen and oxygen atoms in total. The second kappa shape index (κ2) is 6.70. The molecular formula is C18H21N7. The van der Waals surface area contributed by atoms with Gasteiger partial charge >= 0.3 is 0 Å². The molecule has 25 heavy (non-hydrogen) atoms. The van der Waals surface area contributed by atoms with Crippen molar-refractivity contribution in [3.8, 4) is 0 Å². The summed E-state index contributed by atoms with van der Waals surface area (Å²) in [6.07, 6.45) is 7.18. The average molecular weight is 335 g/mol. The first-order valence-corrected chi connectivity index (χ1v) is 8.49. The standard InChI is InChI=1S/C18H21N7/c1-11(13-3-6-19-7-4-13)22-17-14-5-8-20-10-16(14)23-18(24-17)15-9-21-25-12(15)2/h3-8,10-12,15,21,25H,9H2,1-2H3,(H,22,23,24). The molecule has 0 aliphatic carbocycles.